The van der Waals surface area contributed by atoms with Gasteiger partial charge in [0.05, 0.1) is 6.07 Å². The number of rotatable bonds is 6. The van der Waals surface area contributed by atoms with Crippen molar-refractivity contribution < 1.29 is 13.9 Å². The largest absolute Gasteiger partial charge is 0.490 e. The molecule has 1 aromatic carbocycles. The van der Waals surface area contributed by atoms with Crippen molar-refractivity contribution in [2.45, 2.75) is 43.6 Å². The van der Waals surface area contributed by atoms with Crippen LogP contribution in [0.5, 0.6) is 5.75 Å². The molecule has 1 aliphatic heterocycles. The van der Waals surface area contributed by atoms with Crippen molar-refractivity contribution in [1.29, 1.82) is 0 Å². The zero-order valence-electron chi connectivity index (χ0n) is 15.8. The summed E-state index contributed by atoms with van der Waals surface area (Å²) in [6.45, 7) is 3.11. The fourth-order valence-corrected chi connectivity index (χ4v) is 3.67. The highest BCUT2D eigenvalue weighted by Crippen LogP contribution is 2.20. The normalized spacial score (nSPS) is 15.0. The monoisotopic (exact) mass is 387 g/mol. The lowest BCUT2D eigenvalue weighted by Gasteiger charge is -2.32. The third-order valence-corrected chi connectivity index (χ3v) is 5.49. The minimum absolute atomic E-state index is 0.0225. The second-order valence-corrected chi connectivity index (χ2v) is 7.65. The quantitative estimate of drug-likeness (QED) is 0.708. The van der Waals surface area contributed by atoms with Crippen LogP contribution < -0.4 is 10.4 Å². The molecule has 2 heterocycles. The van der Waals surface area contributed by atoms with Gasteiger partial charge >= 0.3 is 5.63 Å². The van der Waals surface area contributed by atoms with Gasteiger partial charge in [-0.3, -0.25) is 4.79 Å². The van der Waals surface area contributed by atoms with Gasteiger partial charge in [-0.15, -0.1) is 11.8 Å². The van der Waals surface area contributed by atoms with Gasteiger partial charge in [-0.05, 0) is 37.3 Å². The van der Waals surface area contributed by atoms with Crippen LogP contribution in [-0.4, -0.2) is 36.3 Å². The van der Waals surface area contributed by atoms with Gasteiger partial charge in [0, 0.05) is 43.3 Å². The number of thioether (sulfide) groups is 1. The summed E-state index contributed by atoms with van der Waals surface area (Å²) in [6, 6.07) is 11.5. The molecule has 3 rings (SSSR count). The van der Waals surface area contributed by atoms with Crippen molar-refractivity contribution in [2.75, 3.05) is 19.3 Å². The van der Waals surface area contributed by atoms with Gasteiger partial charge in [-0.25, -0.2) is 4.79 Å². The van der Waals surface area contributed by atoms with E-state index in [-0.39, 0.29) is 12.0 Å². The lowest BCUT2D eigenvalue weighted by Crippen LogP contribution is -2.41. The lowest BCUT2D eigenvalue weighted by molar-refractivity contribution is -0.132. The van der Waals surface area contributed by atoms with Gasteiger partial charge in [0.15, 0.2) is 0 Å². The van der Waals surface area contributed by atoms with Crippen LogP contribution in [0.15, 0.2) is 50.5 Å². The minimum atomic E-state index is -0.400. The van der Waals surface area contributed by atoms with Gasteiger partial charge in [-0.1, -0.05) is 12.1 Å². The Balaban J connectivity index is 1.45. The highest BCUT2D eigenvalue weighted by molar-refractivity contribution is 7.98. The Morgan fingerprint density at radius 3 is 2.56 bits per heavy atom. The molecule has 0 unspecified atom stereocenters. The number of aryl methyl sites for hydroxylation is 2. The third kappa shape index (κ3) is 5.63. The zero-order chi connectivity index (χ0) is 19.2. The van der Waals surface area contributed by atoms with Gasteiger partial charge in [0.25, 0.3) is 0 Å². The average molecular weight is 388 g/mol. The molecular weight excluding hydrogens is 362 g/mol. The summed E-state index contributed by atoms with van der Waals surface area (Å²) in [5, 5.41) is 0. The first kappa shape index (κ1) is 19.5. The van der Waals surface area contributed by atoms with E-state index in [2.05, 4.69) is 30.5 Å². The molecule has 0 spiro atoms. The molecule has 0 aliphatic carbocycles. The Labute approximate surface area is 163 Å². The second-order valence-electron chi connectivity index (χ2n) is 6.77. The molecule has 0 bridgehead atoms. The summed E-state index contributed by atoms with van der Waals surface area (Å²) in [6.07, 6.45) is 4.92. The van der Waals surface area contributed by atoms with Crippen molar-refractivity contribution in [3.05, 3.63) is 58.1 Å². The summed E-state index contributed by atoms with van der Waals surface area (Å²) in [5.74, 6) is 1.27. The first-order valence-electron chi connectivity index (χ1n) is 9.22. The minimum Gasteiger partial charge on any atom is -0.490 e. The van der Waals surface area contributed by atoms with Gasteiger partial charge in [0.1, 0.15) is 17.6 Å². The van der Waals surface area contributed by atoms with Crippen molar-refractivity contribution >= 4 is 17.7 Å². The molecule has 6 heteroatoms. The molecule has 1 fully saturated rings. The maximum absolute atomic E-state index is 12.5. The van der Waals surface area contributed by atoms with E-state index in [1.807, 2.05) is 4.90 Å². The first-order valence-corrected chi connectivity index (χ1v) is 10.4. The van der Waals surface area contributed by atoms with E-state index >= 15 is 0 Å². The van der Waals surface area contributed by atoms with Crippen LogP contribution in [0.1, 0.15) is 30.6 Å². The predicted molar refractivity (Wildman–Crippen MR) is 106 cm³/mol. The molecule has 0 N–H and O–H groups in total. The molecule has 144 valence electrons. The first-order chi connectivity index (χ1) is 13.0. The van der Waals surface area contributed by atoms with E-state index in [9.17, 15) is 9.59 Å². The molecule has 2 aromatic rings. The molecule has 27 heavy (non-hydrogen) atoms. The third-order valence-electron chi connectivity index (χ3n) is 4.75. The molecule has 1 amide bonds. The van der Waals surface area contributed by atoms with Gasteiger partial charge in [-0.2, -0.15) is 0 Å². The molecule has 5 nitrogen and oxygen atoms in total. The number of hydrogen-bond donors (Lipinski definition) is 0. The topological polar surface area (TPSA) is 59.8 Å². The van der Waals surface area contributed by atoms with E-state index in [1.165, 1.54) is 16.5 Å². The summed E-state index contributed by atoms with van der Waals surface area (Å²) in [4.78, 5) is 27.0. The highest BCUT2D eigenvalue weighted by Gasteiger charge is 2.24. The second kappa shape index (κ2) is 9.13. The Bertz CT molecular complexity index is 823. The predicted octanol–water partition coefficient (Wildman–Crippen LogP) is 3.67. The Morgan fingerprint density at radius 1 is 1.22 bits per heavy atom. The molecule has 0 radical (unpaired) electrons. The van der Waals surface area contributed by atoms with E-state index in [0.29, 0.717) is 31.0 Å². The Kier molecular flexibility index (Phi) is 6.61. The number of carbonyl (C=O) groups is 1. The summed E-state index contributed by atoms with van der Waals surface area (Å²) < 4.78 is 10.8. The fourth-order valence-electron chi connectivity index (χ4n) is 3.26. The standard InChI is InChI=1S/C21H25NO4S/c1-15-13-18(14-21(24)25-15)26-17-9-11-22(12-10-17)20(23)8-5-16-3-6-19(27-2)7-4-16/h3-4,6-7,13-14,17H,5,8-12H2,1-2H3. The number of benzene rings is 1. The summed E-state index contributed by atoms with van der Waals surface area (Å²) >= 11 is 1.72. The molecule has 1 saturated heterocycles. The zero-order valence-corrected chi connectivity index (χ0v) is 16.6. The number of nitrogens with zero attached hydrogens (tertiary/aromatic N) is 1. The molecule has 1 aromatic heterocycles. The van der Waals surface area contributed by atoms with E-state index in [1.54, 1.807) is 24.8 Å². The SMILES string of the molecule is CSc1ccc(CCC(=O)N2CCC(Oc3cc(C)oc(=O)c3)CC2)cc1. The number of likely N-dealkylation sites (tertiary alicyclic amines) is 1. The Hall–Kier alpha value is -2.21. The number of ether oxygens (including phenoxy) is 1. The van der Waals surface area contributed by atoms with E-state index in [0.717, 1.165) is 19.3 Å². The van der Waals surface area contributed by atoms with Crippen LogP contribution in [0.4, 0.5) is 0 Å². The average Bonchev–Trinajstić information content (AvgIpc) is 2.66. The number of piperidine rings is 1. The number of hydrogen-bond acceptors (Lipinski definition) is 5. The van der Waals surface area contributed by atoms with Crippen molar-refractivity contribution in [2.24, 2.45) is 0 Å². The maximum Gasteiger partial charge on any atom is 0.339 e. The lowest BCUT2D eigenvalue weighted by atomic mass is 10.1. The van der Waals surface area contributed by atoms with Crippen LogP contribution >= 0.6 is 11.8 Å². The Morgan fingerprint density at radius 2 is 1.93 bits per heavy atom. The van der Waals surface area contributed by atoms with Crippen LogP contribution in [0.2, 0.25) is 0 Å². The van der Waals surface area contributed by atoms with Gasteiger partial charge < -0.3 is 14.1 Å². The molecule has 0 saturated carbocycles. The molecule has 1 aliphatic rings. The number of carbonyl (C=O) groups excluding carboxylic acids is 1. The molecule has 0 atom stereocenters. The number of amides is 1. The van der Waals surface area contributed by atoms with Crippen molar-refractivity contribution in [1.82, 2.24) is 4.90 Å². The summed E-state index contributed by atoms with van der Waals surface area (Å²) in [5.41, 5.74) is 0.792. The van der Waals surface area contributed by atoms with Crippen LogP contribution in [-0.2, 0) is 11.2 Å². The van der Waals surface area contributed by atoms with E-state index < -0.39 is 5.63 Å². The van der Waals surface area contributed by atoms with Crippen molar-refractivity contribution in [3.8, 4) is 5.75 Å². The van der Waals surface area contributed by atoms with E-state index in [4.69, 9.17) is 9.15 Å². The van der Waals surface area contributed by atoms with Gasteiger partial charge in [0.2, 0.25) is 5.91 Å². The van der Waals surface area contributed by atoms with Crippen LogP contribution in [0.25, 0.3) is 0 Å². The maximum atomic E-state index is 12.5. The summed E-state index contributed by atoms with van der Waals surface area (Å²) in [7, 11) is 0. The van der Waals surface area contributed by atoms with Crippen LogP contribution in [0.3, 0.4) is 0 Å². The van der Waals surface area contributed by atoms with Crippen LogP contribution in [0, 0.1) is 6.92 Å². The smallest absolute Gasteiger partial charge is 0.339 e. The van der Waals surface area contributed by atoms with Crippen molar-refractivity contribution in [3.63, 3.8) is 0 Å². The fraction of sp³-hybridized carbons (Fsp3) is 0.429. The highest BCUT2D eigenvalue weighted by atomic mass is 32.2. The molecular formula is C21H25NO4S.